The molecule has 1 aromatic carbocycles. The minimum Gasteiger partial charge on any atom is -0.381 e. The van der Waals surface area contributed by atoms with Crippen molar-refractivity contribution in [3.05, 3.63) is 35.9 Å². The van der Waals surface area contributed by atoms with Gasteiger partial charge in [-0.15, -0.1) is 0 Å². The fraction of sp³-hybridized carbons (Fsp3) is 0.273. The second kappa shape index (κ2) is 5.55. The van der Waals surface area contributed by atoms with E-state index in [0.29, 0.717) is 0 Å². The van der Waals surface area contributed by atoms with E-state index >= 15 is 0 Å². The quantitative estimate of drug-likeness (QED) is 0.822. The van der Waals surface area contributed by atoms with Crippen LogP contribution in [-0.4, -0.2) is 20.6 Å². The van der Waals surface area contributed by atoms with Crippen LogP contribution in [0.25, 0.3) is 0 Å². The number of halogens is 1. The van der Waals surface area contributed by atoms with Gasteiger partial charge >= 0.3 is 0 Å². The Morgan fingerprint density at radius 3 is 2.86 bits per heavy atom. The van der Waals surface area contributed by atoms with Gasteiger partial charge in [0.1, 0.15) is 0 Å². The second-order valence-electron chi connectivity index (χ2n) is 3.19. The van der Waals surface area contributed by atoms with Crippen LogP contribution in [0.15, 0.2) is 35.9 Å². The van der Waals surface area contributed by atoms with Crippen LogP contribution in [0.2, 0.25) is 0 Å². The molecule has 0 fully saturated rings. The molecule has 2 nitrogen and oxygen atoms in total. The van der Waals surface area contributed by atoms with Crippen molar-refractivity contribution in [3.63, 3.8) is 0 Å². The highest BCUT2D eigenvalue weighted by molar-refractivity contribution is 6.25. The number of rotatable bonds is 4. The summed E-state index contributed by atoms with van der Waals surface area (Å²) < 4.78 is 0. The maximum atomic E-state index is 5.42. The first-order valence-electron chi connectivity index (χ1n) is 4.50. The predicted molar refractivity (Wildman–Crippen MR) is 64.3 cm³/mol. The number of nitrogens with one attached hydrogen (secondary N) is 1. The van der Waals surface area contributed by atoms with E-state index in [4.69, 9.17) is 11.6 Å². The fourth-order valence-electron chi connectivity index (χ4n) is 1.12. The number of hydrogen-bond acceptors (Lipinski definition) is 2. The third kappa shape index (κ3) is 3.30. The van der Waals surface area contributed by atoms with Crippen LogP contribution < -0.4 is 10.2 Å². The van der Waals surface area contributed by atoms with Gasteiger partial charge in [-0.2, -0.15) is 0 Å². The van der Waals surface area contributed by atoms with Gasteiger partial charge in [-0.3, -0.25) is 0 Å². The lowest BCUT2D eigenvalue weighted by Crippen LogP contribution is -2.09. The highest BCUT2D eigenvalue weighted by Crippen LogP contribution is 2.16. The van der Waals surface area contributed by atoms with Gasteiger partial charge in [-0.25, -0.2) is 0 Å². The molecular weight excluding hydrogens is 196 g/mol. The Balaban J connectivity index is 2.64. The van der Waals surface area contributed by atoms with E-state index in [1.807, 2.05) is 32.3 Å². The second-order valence-corrected chi connectivity index (χ2v) is 3.44. The van der Waals surface area contributed by atoms with E-state index in [-0.39, 0.29) is 0 Å². The molecule has 0 heterocycles. The molecule has 0 aliphatic carbocycles. The summed E-state index contributed by atoms with van der Waals surface area (Å²) in [5, 5.41) is 3.24. The van der Waals surface area contributed by atoms with Crippen LogP contribution in [0, 0.1) is 0 Å². The molecule has 0 saturated carbocycles. The monoisotopic (exact) mass is 210 g/mol. The Kier molecular flexibility index (Phi) is 4.33. The van der Waals surface area contributed by atoms with Crippen LogP contribution in [0.1, 0.15) is 0 Å². The van der Waals surface area contributed by atoms with E-state index in [9.17, 15) is 0 Å². The Morgan fingerprint density at radius 1 is 1.43 bits per heavy atom. The normalized spacial score (nSPS) is 10.5. The predicted octanol–water partition coefficient (Wildman–Crippen LogP) is 2.92. The SMILES string of the molecule is CN(C)c1cccc(NC/C=C/Cl)c1. The number of hydrogen-bond donors (Lipinski definition) is 1. The molecule has 76 valence electrons. The molecule has 1 N–H and O–H groups in total. The molecule has 0 bridgehead atoms. The van der Waals surface area contributed by atoms with Gasteiger partial charge in [-0.1, -0.05) is 23.7 Å². The zero-order valence-corrected chi connectivity index (χ0v) is 9.25. The van der Waals surface area contributed by atoms with E-state index in [2.05, 4.69) is 22.3 Å². The molecule has 1 aromatic rings. The molecule has 0 unspecified atom stereocenters. The van der Waals surface area contributed by atoms with Crippen molar-refractivity contribution in [3.8, 4) is 0 Å². The van der Waals surface area contributed by atoms with E-state index < -0.39 is 0 Å². The lowest BCUT2D eigenvalue weighted by Gasteiger charge is -2.13. The lowest BCUT2D eigenvalue weighted by molar-refractivity contribution is 1.13. The molecule has 0 aliphatic heterocycles. The van der Waals surface area contributed by atoms with Crippen molar-refractivity contribution in [1.29, 1.82) is 0 Å². The molecule has 3 heteroatoms. The lowest BCUT2D eigenvalue weighted by atomic mass is 10.2. The van der Waals surface area contributed by atoms with Gasteiger partial charge in [0.2, 0.25) is 0 Å². The standard InChI is InChI=1S/C11H15ClN2/c1-14(2)11-6-3-5-10(9-11)13-8-4-7-12/h3-7,9,13H,8H2,1-2H3/b7-4+. The van der Waals surface area contributed by atoms with Gasteiger partial charge < -0.3 is 10.2 Å². The summed E-state index contributed by atoms with van der Waals surface area (Å²) in [5.74, 6) is 0. The molecular formula is C11H15ClN2. The molecule has 0 aromatic heterocycles. The molecule has 0 saturated heterocycles. The fourth-order valence-corrected chi connectivity index (χ4v) is 1.20. The summed E-state index contributed by atoms with van der Waals surface area (Å²) in [7, 11) is 4.05. The summed E-state index contributed by atoms with van der Waals surface area (Å²) in [4.78, 5) is 2.07. The Morgan fingerprint density at radius 2 is 2.21 bits per heavy atom. The van der Waals surface area contributed by atoms with Crippen molar-refractivity contribution in [2.24, 2.45) is 0 Å². The zero-order chi connectivity index (χ0) is 10.4. The minimum atomic E-state index is 0.750. The van der Waals surface area contributed by atoms with Crippen molar-refractivity contribution in [1.82, 2.24) is 0 Å². The maximum Gasteiger partial charge on any atom is 0.0381 e. The summed E-state index contributed by atoms with van der Waals surface area (Å²) >= 11 is 5.42. The molecule has 0 radical (unpaired) electrons. The maximum absolute atomic E-state index is 5.42. The largest absolute Gasteiger partial charge is 0.381 e. The van der Waals surface area contributed by atoms with Gasteiger partial charge in [0.05, 0.1) is 0 Å². The van der Waals surface area contributed by atoms with Crippen LogP contribution in [0.3, 0.4) is 0 Å². The minimum absolute atomic E-state index is 0.750. The Labute approximate surface area is 90.2 Å². The summed E-state index contributed by atoms with van der Waals surface area (Å²) in [6.45, 7) is 0.750. The Hall–Kier alpha value is -1.15. The average Bonchev–Trinajstić information content (AvgIpc) is 2.19. The van der Waals surface area contributed by atoms with Gasteiger partial charge in [0.25, 0.3) is 0 Å². The van der Waals surface area contributed by atoms with Gasteiger partial charge in [0.15, 0.2) is 0 Å². The Bertz CT molecular complexity index is 308. The highest BCUT2D eigenvalue weighted by Gasteiger charge is 1.95. The van der Waals surface area contributed by atoms with Crippen LogP contribution in [-0.2, 0) is 0 Å². The molecule has 0 spiro atoms. The average molecular weight is 211 g/mol. The van der Waals surface area contributed by atoms with Crippen molar-refractivity contribution >= 4 is 23.0 Å². The topological polar surface area (TPSA) is 15.3 Å². The summed E-state index contributed by atoms with van der Waals surface area (Å²) in [6.07, 6.45) is 1.86. The van der Waals surface area contributed by atoms with Crippen LogP contribution in [0.4, 0.5) is 11.4 Å². The van der Waals surface area contributed by atoms with Crippen molar-refractivity contribution < 1.29 is 0 Å². The highest BCUT2D eigenvalue weighted by atomic mass is 35.5. The summed E-state index contributed by atoms with van der Waals surface area (Å²) in [6, 6.07) is 8.24. The number of nitrogens with zero attached hydrogens (tertiary/aromatic N) is 1. The first kappa shape index (κ1) is 10.9. The first-order valence-corrected chi connectivity index (χ1v) is 4.94. The van der Waals surface area contributed by atoms with E-state index in [1.165, 1.54) is 11.2 Å². The molecule has 1 rings (SSSR count). The van der Waals surface area contributed by atoms with E-state index in [0.717, 1.165) is 12.2 Å². The van der Waals surface area contributed by atoms with Gasteiger partial charge in [0, 0.05) is 37.6 Å². The smallest absolute Gasteiger partial charge is 0.0381 e. The number of benzene rings is 1. The molecule has 0 amide bonds. The van der Waals surface area contributed by atoms with Crippen molar-refractivity contribution in [2.45, 2.75) is 0 Å². The van der Waals surface area contributed by atoms with Crippen molar-refractivity contribution in [2.75, 3.05) is 30.9 Å². The third-order valence-electron chi connectivity index (χ3n) is 1.88. The molecule has 0 aliphatic rings. The zero-order valence-electron chi connectivity index (χ0n) is 8.50. The summed E-state index contributed by atoms with van der Waals surface area (Å²) in [5.41, 5.74) is 3.80. The van der Waals surface area contributed by atoms with E-state index in [1.54, 1.807) is 0 Å². The van der Waals surface area contributed by atoms with Crippen LogP contribution in [0.5, 0.6) is 0 Å². The van der Waals surface area contributed by atoms with Gasteiger partial charge in [-0.05, 0) is 18.2 Å². The molecule has 0 atom stereocenters. The van der Waals surface area contributed by atoms with Crippen LogP contribution >= 0.6 is 11.6 Å². The molecule has 14 heavy (non-hydrogen) atoms. The first-order chi connectivity index (χ1) is 6.74. The number of anilines is 2. The third-order valence-corrected chi connectivity index (χ3v) is 2.05.